The molecule has 1 atom stereocenters. The van der Waals surface area contributed by atoms with E-state index in [-0.39, 0.29) is 29.7 Å². The fraction of sp³-hybridized carbons (Fsp3) is 0.467. The number of likely N-dealkylation sites (tertiary alicyclic amines) is 1. The van der Waals surface area contributed by atoms with Crippen molar-refractivity contribution in [3.05, 3.63) is 35.9 Å². The number of rotatable bonds is 3. The molecule has 2 N–H and O–H groups in total. The van der Waals surface area contributed by atoms with E-state index in [1.807, 2.05) is 30.3 Å². The number of nitrogens with two attached hydrogens (primary N) is 1. The van der Waals surface area contributed by atoms with Crippen molar-refractivity contribution in [2.24, 2.45) is 5.73 Å². The van der Waals surface area contributed by atoms with Crippen LogP contribution in [0.4, 0.5) is 0 Å². The summed E-state index contributed by atoms with van der Waals surface area (Å²) in [5, 5.41) is 0. The van der Waals surface area contributed by atoms with Gasteiger partial charge in [-0.25, -0.2) is 0 Å². The predicted molar refractivity (Wildman–Crippen MR) is 71.3 cm³/mol. The van der Waals surface area contributed by atoms with E-state index in [1.54, 1.807) is 0 Å². The molecule has 1 aliphatic heterocycles. The summed E-state index contributed by atoms with van der Waals surface area (Å²) < 4.78 is 0. The van der Waals surface area contributed by atoms with Gasteiger partial charge in [0.15, 0.2) is 0 Å². The summed E-state index contributed by atoms with van der Waals surface area (Å²) in [4.78, 5) is 25.8. The Balaban J connectivity index is 1.78. The van der Waals surface area contributed by atoms with E-state index in [2.05, 4.69) is 0 Å². The van der Waals surface area contributed by atoms with E-state index < -0.39 is 0 Å². The molecule has 0 spiro atoms. The molecular weight excluding hydrogens is 240 g/mol. The standard InChI is InChI=1S/C15H18N2O2/c16-15(7-4-8-15)10-17-13(18)9-12(14(17)19)11-5-2-1-3-6-11/h1-3,5-6,12H,4,7-10,16H2. The second-order valence-corrected chi connectivity index (χ2v) is 5.70. The molecule has 1 aliphatic carbocycles. The monoisotopic (exact) mass is 258 g/mol. The quantitative estimate of drug-likeness (QED) is 0.834. The van der Waals surface area contributed by atoms with Gasteiger partial charge in [-0.3, -0.25) is 14.5 Å². The summed E-state index contributed by atoms with van der Waals surface area (Å²) >= 11 is 0. The van der Waals surface area contributed by atoms with Crippen LogP contribution in [0.1, 0.15) is 37.2 Å². The first-order chi connectivity index (χ1) is 9.09. The number of hydrogen-bond donors (Lipinski definition) is 1. The molecule has 1 aromatic carbocycles. The summed E-state index contributed by atoms with van der Waals surface area (Å²) in [6.07, 6.45) is 3.17. The number of hydrogen-bond acceptors (Lipinski definition) is 3. The second kappa shape index (κ2) is 4.46. The van der Waals surface area contributed by atoms with Gasteiger partial charge < -0.3 is 5.73 Å². The smallest absolute Gasteiger partial charge is 0.237 e. The van der Waals surface area contributed by atoms with Gasteiger partial charge in [0, 0.05) is 18.5 Å². The highest BCUT2D eigenvalue weighted by atomic mass is 16.2. The van der Waals surface area contributed by atoms with E-state index >= 15 is 0 Å². The van der Waals surface area contributed by atoms with Gasteiger partial charge in [-0.2, -0.15) is 0 Å². The Morgan fingerprint density at radius 3 is 2.47 bits per heavy atom. The first-order valence-electron chi connectivity index (χ1n) is 6.77. The molecular formula is C15H18N2O2. The fourth-order valence-corrected chi connectivity index (χ4v) is 2.90. The van der Waals surface area contributed by atoms with Crippen molar-refractivity contribution in [3.63, 3.8) is 0 Å². The summed E-state index contributed by atoms with van der Waals surface area (Å²) in [7, 11) is 0. The van der Waals surface area contributed by atoms with E-state index in [0.717, 1.165) is 24.8 Å². The van der Waals surface area contributed by atoms with Gasteiger partial charge in [0.1, 0.15) is 0 Å². The highest BCUT2D eigenvalue weighted by Gasteiger charge is 2.44. The Bertz CT molecular complexity index is 508. The van der Waals surface area contributed by atoms with Crippen molar-refractivity contribution in [3.8, 4) is 0 Å². The fourth-order valence-electron chi connectivity index (χ4n) is 2.90. The lowest BCUT2D eigenvalue weighted by molar-refractivity contribution is -0.140. The van der Waals surface area contributed by atoms with E-state index in [4.69, 9.17) is 5.73 Å². The second-order valence-electron chi connectivity index (χ2n) is 5.70. The summed E-state index contributed by atoms with van der Waals surface area (Å²) in [5.74, 6) is -0.499. The van der Waals surface area contributed by atoms with Crippen LogP contribution in [0, 0.1) is 0 Å². The van der Waals surface area contributed by atoms with E-state index in [1.165, 1.54) is 4.90 Å². The first-order valence-corrected chi connectivity index (χ1v) is 6.77. The van der Waals surface area contributed by atoms with Crippen molar-refractivity contribution in [2.75, 3.05) is 6.54 Å². The SMILES string of the molecule is NC1(CN2C(=O)CC(c3ccccc3)C2=O)CCC1. The lowest BCUT2D eigenvalue weighted by Crippen LogP contribution is -2.56. The maximum atomic E-state index is 12.4. The highest BCUT2D eigenvalue weighted by Crippen LogP contribution is 2.35. The van der Waals surface area contributed by atoms with Crippen LogP contribution in [0.5, 0.6) is 0 Å². The Morgan fingerprint density at radius 1 is 1.21 bits per heavy atom. The largest absolute Gasteiger partial charge is 0.324 e. The van der Waals surface area contributed by atoms with Crippen LogP contribution in [0.25, 0.3) is 0 Å². The van der Waals surface area contributed by atoms with Gasteiger partial charge in [-0.05, 0) is 24.8 Å². The van der Waals surface area contributed by atoms with Crippen LogP contribution in [0.3, 0.4) is 0 Å². The highest BCUT2D eigenvalue weighted by molar-refractivity contribution is 6.06. The van der Waals surface area contributed by atoms with Gasteiger partial charge in [0.05, 0.1) is 5.92 Å². The molecule has 1 aromatic rings. The molecule has 0 radical (unpaired) electrons. The molecule has 0 bridgehead atoms. The van der Waals surface area contributed by atoms with E-state index in [9.17, 15) is 9.59 Å². The topological polar surface area (TPSA) is 63.4 Å². The predicted octanol–water partition coefficient (Wildman–Crippen LogP) is 1.41. The number of carbonyl (C=O) groups is 2. The molecule has 2 fully saturated rings. The zero-order chi connectivity index (χ0) is 13.5. The summed E-state index contributed by atoms with van der Waals surface area (Å²) in [6, 6.07) is 9.51. The molecule has 19 heavy (non-hydrogen) atoms. The van der Waals surface area contributed by atoms with Crippen molar-refractivity contribution in [1.82, 2.24) is 4.90 Å². The molecule has 100 valence electrons. The maximum Gasteiger partial charge on any atom is 0.237 e. The van der Waals surface area contributed by atoms with Crippen molar-refractivity contribution in [1.29, 1.82) is 0 Å². The van der Waals surface area contributed by atoms with E-state index in [0.29, 0.717) is 6.54 Å². The lowest BCUT2D eigenvalue weighted by atomic mass is 9.77. The zero-order valence-electron chi connectivity index (χ0n) is 10.8. The number of imide groups is 1. The average Bonchev–Trinajstić information content (AvgIpc) is 2.66. The van der Waals surface area contributed by atoms with Gasteiger partial charge in [0.2, 0.25) is 11.8 Å². The Labute approximate surface area is 112 Å². The lowest BCUT2D eigenvalue weighted by Gasteiger charge is -2.40. The summed E-state index contributed by atoms with van der Waals surface area (Å²) in [6.45, 7) is 0.383. The van der Waals surface area contributed by atoms with Crippen LogP contribution in [-0.4, -0.2) is 28.8 Å². The minimum atomic E-state index is -0.336. The molecule has 3 rings (SSSR count). The minimum Gasteiger partial charge on any atom is -0.324 e. The zero-order valence-corrected chi connectivity index (χ0v) is 10.8. The molecule has 1 heterocycles. The molecule has 4 nitrogen and oxygen atoms in total. The third-order valence-electron chi connectivity index (χ3n) is 4.27. The van der Waals surface area contributed by atoms with Gasteiger partial charge in [-0.1, -0.05) is 30.3 Å². The van der Waals surface area contributed by atoms with Gasteiger partial charge >= 0.3 is 0 Å². The molecule has 1 saturated heterocycles. The number of amides is 2. The minimum absolute atomic E-state index is 0.0874. The molecule has 2 aliphatic rings. The molecule has 1 saturated carbocycles. The van der Waals surface area contributed by atoms with Crippen LogP contribution in [0.15, 0.2) is 30.3 Å². The van der Waals surface area contributed by atoms with Crippen LogP contribution >= 0.6 is 0 Å². The number of carbonyl (C=O) groups excluding carboxylic acids is 2. The normalized spacial score (nSPS) is 25.5. The Kier molecular flexibility index (Phi) is 2.90. The first kappa shape index (κ1) is 12.4. The van der Waals surface area contributed by atoms with Crippen LogP contribution in [-0.2, 0) is 9.59 Å². The van der Waals surface area contributed by atoms with Crippen molar-refractivity contribution < 1.29 is 9.59 Å². The van der Waals surface area contributed by atoms with Crippen LogP contribution in [0.2, 0.25) is 0 Å². The Morgan fingerprint density at radius 2 is 1.89 bits per heavy atom. The van der Waals surface area contributed by atoms with Gasteiger partial charge in [0.25, 0.3) is 0 Å². The number of nitrogens with zero attached hydrogens (tertiary/aromatic N) is 1. The number of benzene rings is 1. The molecule has 2 amide bonds. The van der Waals surface area contributed by atoms with Gasteiger partial charge in [-0.15, -0.1) is 0 Å². The third kappa shape index (κ3) is 2.16. The summed E-state index contributed by atoms with van der Waals surface area (Å²) in [5.41, 5.74) is 6.73. The third-order valence-corrected chi connectivity index (χ3v) is 4.27. The Hall–Kier alpha value is -1.68. The maximum absolute atomic E-state index is 12.4. The van der Waals surface area contributed by atoms with Crippen molar-refractivity contribution in [2.45, 2.75) is 37.1 Å². The average molecular weight is 258 g/mol. The molecule has 0 aromatic heterocycles. The molecule has 1 unspecified atom stereocenters. The molecule has 4 heteroatoms. The van der Waals surface area contributed by atoms with Crippen LogP contribution < -0.4 is 5.73 Å². The van der Waals surface area contributed by atoms with Crippen molar-refractivity contribution >= 4 is 11.8 Å².